The van der Waals surface area contributed by atoms with E-state index in [1.165, 1.54) is 0 Å². The summed E-state index contributed by atoms with van der Waals surface area (Å²) >= 11 is 0. The quantitative estimate of drug-likeness (QED) is 0.884. The molecule has 1 atom stereocenters. The lowest BCUT2D eigenvalue weighted by atomic mass is 10.1. The summed E-state index contributed by atoms with van der Waals surface area (Å²) in [4.78, 5) is 15.6. The Morgan fingerprint density at radius 2 is 1.95 bits per heavy atom. The first kappa shape index (κ1) is 13.9. The maximum absolute atomic E-state index is 11.4. The van der Waals surface area contributed by atoms with Crippen LogP contribution in [0.4, 0.5) is 5.69 Å². The third-order valence-electron chi connectivity index (χ3n) is 3.67. The molecule has 1 aromatic rings. The zero-order valence-electron chi connectivity index (χ0n) is 11.7. The molecule has 0 aliphatic carbocycles. The molecule has 4 heteroatoms. The van der Waals surface area contributed by atoms with Crippen molar-refractivity contribution in [3.05, 3.63) is 29.8 Å². The van der Waals surface area contributed by atoms with Gasteiger partial charge in [0.1, 0.15) is 0 Å². The molecule has 4 nitrogen and oxygen atoms in total. The van der Waals surface area contributed by atoms with Crippen LogP contribution in [0.3, 0.4) is 0 Å². The number of carbonyl (C=O) groups is 1. The number of anilines is 1. The second-order valence-electron chi connectivity index (χ2n) is 5.08. The van der Waals surface area contributed by atoms with Crippen molar-refractivity contribution in [3.8, 4) is 0 Å². The van der Waals surface area contributed by atoms with E-state index in [-0.39, 0.29) is 5.91 Å². The molecule has 1 N–H and O–H groups in total. The third-order valence-corrected chi connectivity index (χ3v) is 3.67. The first-order valence-electron chi connectivity index (χ1n) is 6.87. The number of aliphatic hydroxyl groups excluding tert-OH is 1. The van der Waals surface area contributed by atoms with Crippen LogP contribution in [0.5, 0.6) is 0 Å². The molecule has 1 saturated heterocycles. The Morgan fingerprint density at radius 1 is 1.21 bits per heavy atom. The number of hydrogen-bond acceptors (Lipinski definition) is 3. The van der Waals surface area contributed by atoms with E-state index in [1.54, 1.807) is 13.8 Å². The first-order chi connectivity index (χ1) is 9.09. The van der Waals surface area contributed by atoms with Crippen molar-refractivity contribution in [3.63, 3.8) is 0 Å². The van der Waals surface area contributed by atoms with Crippen molar-refractivity contribution in [2.75, 3.05) is 31.1 Å². The summed E-state index contributed by atoms with van der Waals surface area (Å²) in [6.07, 6.45) is 0.497. The van der Waals surface area contributed by atoms with Gasteiger partial charge in [0.05, 0.1) is 6.10 Å². The number of hydrogen-bond donors (Lipinski definition) is 1. The largest absolute Gasteiger partial charge is 0.389 e. The van der Waals surface area contributed by atoms with Crippen LogP contribution in [0.25, 0.3) is 0 Å². The lowest BCUT2D eigenvalue weighted by Gasteiger charge is -2.26. The van der Waals surface area contributed by atoms with Crippen LogP contribution in [0.1, 0.15) is 31.9 Å². The minimum atomic E-state index is -0.469. The second kappa shape index (κ2) is 6.06. The fourth-order valence-corrected chi connectivity index (χ4v) is 2.60. The highest BCUT2D eigenvalue weighted by Gasteiger charge is 2.19. The van der Waals surface area contributed by atoms with Crippen LogP contribution >= 0.6 is 0 Å². The average molecular weight is 262 g/mol. The summed E-state index contributed by atoms with van der Waals surface area (Å²) in [5.74, 6) is 0.144. The molecule has 1 heterocycles. The SMILES string of the molecule is CC(=O)N1CCCN(c2ccccc2[C@H](C)O)CC1. The number of rotatable bonds is 2. The van der Waals surface area contributed by atoms with Gasteiger partial charge in [0.15, 0.2) is 0 Å². The standard InChI is InChI=1S/C15H22N2O2/c1-12(18)14-6-3-4-7-15(14)17-9-5-8-16(10-11-17)13(2)19/h3-4,6-7,12,18H,5,8-11H2,1-2H3/t12-/m0/s1. The van der Waals surface area contributed by atoms with E-state index in [9.17, 15) is 9.90 Å². The molecule has 1 amide bonds. The first-order valence-corrected chi connectivity index (χ1v) is 6.87. The van der Waals surface area contributed by atoms with Gasteiger partial charge in [-0.1, -0.05) is 18.2 Å². The molecular weight excluding hydrogens is 240 g/mol. The number of aliphatic hydroxyl groups is 1. The van der Waals surface area contributed by atoms with Crippen molar-refractivity contribution in [2.24, 2.45) is 0 Å². The van der Waals surface area contributed by atoms with Gasteiger partial charge in [-0.2, -0.15) is 0 Å². The number of nitrogens with zero attached hydrogens (tertiary/aromatic N) is 2. The molecule has 0 bridgehead atoms. The van der Waals surface area contributed by atoms with Crippen LogP contribution in [0.15, 0.2) is 24.3 Å². The van der Waals surface area contributed by atoms with Gasteiger partial charge in [-0.3, -0.25) is 4.79 Å². The Morgan fingerprint density at radius 3 is 2.63 bits per heavy atom. The molecule has 2 rings (SSSR count). The fourth-order valence-electron chi connectivity index (χ4n) is 2.60. The average Bonchev–Trinajstić information content (AvgIpc) is 2.64. The maximum atomic E-state index is 11.4. The van der Waals surface area contributed by atoms with E-state index >= 15 is 0 Å². The Bertz CT molecular complexity index is 446. The zero-order valence-corrected chi connectivity index (χ0v) is 11.7. The third kappa shape index (κ3) is 3.26. The number of para-hydroxylation sites is 1. The minimum Gasteiger partial charge on any atom is -0.389 e. The Hall–Kier alpha value is -1.55. The Labute approximate surface area is 114 Å². The van der Waals surface area contributed by atoms with E-state index in [1.807, 2.05) is 29.2 Å². The summed E-state index contributed by atoms with van der Waals surface area (Å²) in [6.45, 7) is 6.74. The summed E-state index contributed by atoms with van der Waals surface area (Å²) in [6, 6.07) is 7.96. The highest BCUT2D eigenvalue weighted by Crippen LogP contribution is 2.26. The molecule has 0 unspecified atom stereocenters. The summed E-state index contributed by atoms with van der Waals surface area (Å²) in [5.41, 5.74) is 2.04. The highest BCUT2D eigenvalue weighted by molar-refractivity contribution is 5.73. The monoisotopic (exact) mass is 262 g/mol. The van der Waals surface area contributed by atoms with E-state index < -0.39 is 6.10 Å². The molecule has 1 aromatic carbocycles. The van der Waals surface area contributed by atoms with E-state index in [4.69, 9.17) is 0 Å². The summed E-state index contributed by atoms with van der Waals surface area (Å²) < 4.78 is 0. The van der Waals surface area contributed by atoms with E-state index in [0.717, 1.165) is 43.9 Å². The smallest absolute Gasteiger partial charge is 0.219 e. The fraction of sp³-hybridized carbons (Fsp3) is 0.533. The van der Waals surface area contributed by atoms with E-state index in [0.29, 0.717) is 0 Å². The predicted octanol–water partition coefficient (Wildman–Crippen LogP) is 1.80. The molecule has 1 aliphatic rings. The second-order valence-corrected chi connectivity index (χ2v) is 5.08. The van der Waals surface area contributed by atoms with Crippen molar-refractivity contribution in [1.29, 1.82) is 0 Å². The predicted molar refractivity (Wildman–Crippen MR) is 76.2 cm³/mol. The van der Waals surface area contributed by atoms with Crippen LogP contribution in [0.2, 0.25) is 0 Å². The molecule has 1 aliphatic heterocycles. The molecule has 0 saturated carbocycles. The molecule has 104 valence electrons. The molecule has 19 heavy (non-hydrogen) atoms. The van der Waals surface area contributed by atoms with Crippen LogP contribution in [-0.4, -0.2) is 42.1 Å². The summed E-state index contributed by atoms with van der Waals surface area (Å²) in [7, 11) is 0. The number of amides is 1. The lowest BCUT2D eigenvalue weighted by molar-refractivity contribution is -0.128. The van der Waals surface area contributed by atoms with Gasteiger partial charge < -0.3 is 14.9 Å². The van der Waals surface area contributed by atoms with Crippen molar-refractivity contribution in [2.45, 2.75) is 26.4 Å². The van der Waals surface area contributed by atoms with Gasteiger partial charge in [0.2, 0.25) is 5.91 Å². The topological polar surface area (TPSA) is 43.8 Å². The maximum Gasteiger partial charge on any atom is 0.219 e. The molecule has 1 fully saturated rings. The van der Waals surface area contributed by atoms with E-state index in [2.05, 4.69) is 4.90 Å². The number of benzene rings is 1. The molecule has 0 aromatic heterocycles. The van der Waals surface area contributed by atoms with Gasteiger partial charge >= 0.3 is 0 Å². The van der Waals surface area contributed by atoms with Gasteiger partial charge in [-0.25, -0.2) is 0 Å². The minimum absolute atomic E-state index is 0.144. The highest BCUT2D eigenvalue weighted by atomic mass is 16.3. The molecular formula is C15H22N2O2. The van der Waals surface area contributed by atoms with Crippen molar-refractivity contribution >= 4 is 11.6 Å². The van der Waals surface area contributed by atoms with Gasteiger partial charge in [0.25, 0.3) is 0 Å². The zero-order chi connectivity index (χ0) is 13.8. The van der Waals surface area contributed by atoms with Crippen LogP contribution < -0.4 is 4.90 Å². The Balaban J connectivity index is 2.16. The van der Waals surface area contributed by atoms with Crippen molar-refractivity contribution < 1.29 is 9.90 Å². The summed E-state index contributed by atoms with van der Waals surface area (Å²) in [5, 5.41) is 9.85. The molecule has 0 spiro atoms. The van der Waals surface area contributed by atoms with Gasteiger partial charge in [0, 0.05) is 44.4 Å². The van der Waals surface area contributed by atoms with Crippen LogP contribution in [-0.2, 0) is 4.79 Å². The lowest BCUT2D eigenvalue weighted by Crippen LogP contribution is -2.33. The van der Waals surface area contributed by atoms with Gasteiger partial charge in [-0.15, -0.1) is 0 Å². The van der Waals surface area contributed by atoms with Gasteiger partial charge in [-0.05, 0) is 19.4 Å². The van der Waals surface area contributed by atoms with Crippen molar-refractivity contribution in [1.82, 2.24) is 4.90 Å². The Kier molecular flexibility index (Phi) is 4.43. The number of carbonyl (C=O) groups excluding carboxylic acids is 1. The normalized spacial score (nSPS) is 18.1. The molecule has 0 radical (unpaired) electrons. The van der Waals surface area contributed by atoms with Crippen LogP contribution in [0, 0.1) is 0 Å².